The number of rotatable bonds is 3. The summed E-state index contributed by atoms with van der Waals surface area (Å²) >= 11 is 5.22. The highest BCUT2D eigenvalue weighted by atomic mass is 79.9. The molecule has 2 aromatic rings. The average Bonchev–Trinajstić information content (AvgIpc) is 2.63. The number of pyridine rings is 1. The highest BCUT2D eigenvalue weighted by Crippen LogP contribution is 2.19. The van der Waals surface area contributed by atoms with Crippen molar-refractivity contribution in [2.24, 2.45) is 0 Å². The molecule has 2 aromatic heterocycles. The van der Waals surface area contributed by atoms with Gasteiger partial charge in [0.15, 0.2) is 0 Å². The molecule has 0 saturated heterocycles. The summed E-state index contributed by atoms with van der Waals surface area (Å²) in [7, 11) is 0. The number of nitrogens with one attached hydrogen (secondary N) is 1. The molecule has 0 fully saturated rings. The second kappa shape index (κ2) is 4.97. The number of halogens is 1. The molecule has 0 saturated carbocycles. The van der Waals surface area contributed by atoms with E-state index < -0.39 is 0 Å². The van der Waals surface area contributed by atoms with Crippen LogP contribution in [0.15, 0.2) is 28.9 Å². The predicted octanol–water partition coefficient (Wildman–Crippen LogP) is 4.13. The summed E-state index contributed by atoms with van der Waals surface area (Å²) < 4.78 is 1.02. The minimum absolute atomic E-state index is 0.841. The van der Waals surface area contributed by atoms with Crippen LogP contribution in [-0.2, 0) is 6.54 Å². The Kier molecular flexibility index (Phi) is 3.61. The SMILES string of the molecule is Cc1ccc(CNc2ncc(Br)cc2C)s1. The van der Waals surface area contributed by atoms with Gasteiger partial charge < -0.3 is 5.32 Å². The second-order valence-corrected chi connectivity index (χ2v) is 5.97. The molecular weight excluding hydrogens is 284 g/mol. The largest absolute Gasteiger partial charge is 0.365 e. The molecule has 0 aromatic carbocycles. The lowest BCUT2D eigenvalue weighted by Gasteiger charge is -2.07. The van der Waals surface area contributed by atoms with Crippen molar-refractivity contribution < 1.29 is 0 Å². The minimum Gasteiger partial charge on any atom is -0.365 e. The van der Waals surface area contributed by atoms with Gasteiger partial charge in [-0.3, -0.25) is 0 Å². The molecule has 2 rings (SSSR count). The molecule has 1 N–H and O–H groups in total. The molecule has 0 unspecified atom stereocenters. The van der Waals surface area contributed by atoms with Crippen LogP contribution in [0.2, 0.25) is 0 Å². The normalized spacial score (nSPS) is 10.4. The van der Waals surface area contributed by atoms with E-state index in [1.165, 1.54) is 9.75 Å². The zero-order valence-electron chi connectivity index (χ0n) is 9.25. The molecule has 0 atom stereocenters. The quantitative estimate of drug-likeness (QED) is 0.921. The predicted molar refractivity (Wildman–Crippen MR) is 73.1 cm³/mol. The van der Waals surface area contributed by atoms with Gasteiger partial charge in [0.2, 0.25) is 0 Å². The average molecular weight is 297 g/mol. The van der Waals surface area contributed by atoms with E-state index in [1.54, 1.807) is 0 Å². The Balaban J connectivity index is 2.04. The topological polar surface area (TPSA) is 24.9 Å². The summed E-state index contributed by atoms with van der Waals surface area (Å²) in [5.74, 6) is 0.953. The van der Waals surface area contributed by atoms with E-state index >= 15 is 0 Å². The van der Waals surface area contributed by atoms with Gasteiger partial charge >= 0.3 is 0 Å². The first-order valence-corrected chi connectivity index (χ1v) is 6.67. The first-order chi connectivity index (χ1) is 7.65. The standard InChI is InChI=1S/C12H13BrN2S/c1-8-5-10(13)6-14-12(8)15-7-11-4-3-9(2)16-11/h3-6H,7H2,1-2H3,(H,14,15). The van der Waals surface area contributed by atoms with Crippen LogP contribution in [0.3, 0.4) is 0 Å². The Morgan fingerprint density at radius 3 is 2.81 bits per heavy atom. The summed E-state index contributed by atoms with van der Waals surface area (Å²) in [4.78, 5) is 7.03. The summed E-state index contributed by atoms with van der Waals surface area (Å²) in [6, 6.07) is 6.36. The highest BCUT2D eigenvalue weighted by Gasteiger charge is 2.01. The van der Waals surface area contributed by atoms with Gasteiger partial charge in [-0.15, -0.1) is 11.3 Å². The summed E-state index contributed by atoms with van der Waals surface area (Å²) in [5, 5.41) is 3.35. The molecular formula is C12H13BrN2S. The van der Waals surface area contributed by atoms with E-state index in [2.05, 4.69) is 58.3 Å². The Morgan fingerprint density at radius 1 is 1.38 bits per heavy atom. The number of nitrogens with zero attached hydrogens (tertiary/aromatic N) is 1. The zero-order valence-corrected chi connectivity index (χ0v) is 11.7. The summed E-state index contributed by atoms with van der Waals surface area (Å²) in [6.45, 7) is 5.02. The minimum atomic E-state index is 0.841. The van der Waals surface area contributed by atoms with Crippen molar-refractivity contribution in [2.45, 2.75) is 20.4 Å². The van der Waals surface area contributed by atoms with Crippen molar-refractivity contribution in [3.05, 3.63) is 44.2 Å². The van der Waals surface area contributed by atoms with Crippen LogP contribution in [0.1, 0.15) is 15.3 Å². The Labute approximate surface area is 108 Å². The van der Waals surface area contributed by atoms with Crippen LogP contribution in [0.25, 0.3) is 0 Å². The third-order valence-corrected chi connectivity index (χ3v) is 3.71. The monoisotopic (exact) mass is 296 g/mol. The van der Waals surface area contributed by atoms with Gasteiger partial charge in [0.25, 0.3) is 0 Å². The number of aryl methyl sites for hydroxylation is 2. The van der Waals surface area contributed by atoms with Gasteiger partial charge in [0, 0.05) is 20.4 Å². The first-order valence-electron chi connectivity index (χ1n) is 5.06. The molecule has 0 aliphatic heterocycles. The molecule has 2 heterocycles. The van der Waals surface area contributed by atoms with Gasteiger partial charge in [-0.05, 0) is 53.5 Å². The number of hydrogen-bond acceptors (Lipinski definition) is 3. The molecule has 4 heteroatoms. The molecule has 2 nitrogen and oxygen atoms in total. The second-order valence-electron chi connectivity index (χ2n) is 3.68. The fourth-order valence-electron chi connectivity index (χ4n) is 1.48. The maximum absolute atomic E-state index is 4.35. The van der Waals surface area contributed by atoms with E-state index in [1.807, 2.05) is 17.5 Å². The van der Waals surface area contributed by atoms with Gasteiger partial charge in [-0.2, -0.15) is 0 Å². The molecule has 0 aliphatic rings. The van der Waals surface area contributed by atoms with Gasteiger partial charge in [0.1, 0.15) is 5.82 Å². The Morgan fingerprint density at radius 2 is 2.19 bits per heavy atom. The maximum Gasteiger partial charge on any atom is 0.129 e. The third-order valence-electron chi connectivity index (χ3n) is 2.27. The van der Waals surface area contributed by atoms with Crippen molar-refractivity contribution in [3.8, 4) is 0 Å². The zero-order chi connectivity index (χ0) is 11.5. The van der Waals surface area contributed by atoms with Crippen molar-refractivity contribution in [2.75, 3.05) is 5.32 Å². The molecule has 0 amide bonds. The number of hydrogen-bond donors (Lipinski definition) is 1. The maximum atomic E-state index is 4.35. The lowest BCUT2D eigenvalue weighted by molar-refractivity contribution is 1.12. The smallest absolute Gasteiger partial charge is 0.129 e. The molecule has 0 aliphatic carbocycles. The van der Waals surface area contributed by atoms with Crippen molar-refractivity contribution in [1.29, 1.82) is 0 Å². The van der Waals surface area contributed by atoms with Crippen LogP contribution < -0.4 is 5.32 Å². The number of thiophene rings is 1. The molecule has 84 valence electrons. The van der Waals surface area contributed by atoms with Crippen molar-refractivity contribution in [1.82, 2.24) is 4.98 Å². The summed E-state index contributed by atoms with van der Waals surface area (Å²) in [5.41, 5.74) is 1.16. The first kappa shape index (κ1) is 11.6. The van der Waals surface area contributed by atoms with Crippen molar-refractivity contribution >= 4 is 33.1 Å². The van der Waals surface area contributed by atoms with Crippen LogP contribution in [-0.4, -0.2) is 4.98 Å². The lowest BCUT2D eigenvalue weighted by atomic mass is 10.3. The molecule has 0 radical (unpaired) electrons. The Bertz CT molecular complexity index is 494. The van der Waals surface area contributed by atoms with Crippen LogP contribution >= 0.6 is 27.3 Å². The fraction of sp³-hybridized carbons (Fsp3) is 0.250. The van der Waals surface area contributed by atoms with Crippen LogP contribution in [0.4, 0.5) is 5.82 Å². The van der Waals surface area contributed by atoms with Crippen LogP contribution in [0.5, 0.6) is 0 Å². The molecule has 16 heavy (non-hydrogen) atoms. The molecule has 0 bridgehead atoms. The van der Waals surface area contributed by atoms with E-state index in [0.29, 0.717) is 0 Å². The fourth-order valence-corrected chi connectivity index (χ4v) is 2.75. The van der Waals surface area contributed by atoms with E-state index in [9.17, 15) is 0 Å². The van der Waals surface area contributed by atoms with Crippen molar-refractivity contribution in [3.63, 3.8) is 0 Å². The lowest BCUT2D eigenvalue weighted by Crippen LogP contribution is -2.01. The van der Waals surface area contributed by atoms with Crippen LogP contribution in [0, 0.1) is 13.8 Å². The number of aromatic nitrogens is 1. The van der Waals surface area contributed by atoms with E-state index in [-0.39, 0.29) is 0 Å². The van der Waals surface area contributed by atoms with E-state index in [4.69, 9.17) is 0 Å². The van der Waals surface area contributed by atoms with Gasteiger partial charge in [0.05, 0.1) is 6.54 Å². The third kappa shape index (κ3) is 2.83. The Hall–Kier alpha value is -0.870. The number of anilines is 1. The van der Waals surface area contributed by atoms with Gasteiger partial charge in [-0.25, -0.2) is 4.98 Å². The summed E-state index contributed by atoms with van der Waals surface area (Å²) in [6.07, 6.45) is 1.81. The van der Waals surface area contributed by atoms with E-state index in [0.717, 1.165) is 22.4 Å². The molecule has 0 spiro atoms. The van der Waals surface area contributed by atoms with Gasteiger partial charge in [-0.1, -0.05) is 0 Å². The highest BCUT2D eigenvalue weighted by molar-refractivity contribution is 9.10.